The van der Waals surface area contributed by atoms with Crippen LogP contribution in [-0.2, 0) is 0 Å². The van der Waals surface area contributed by atoms with Gasteiger partial charge in [0.2, 0.25) is 0 Å². The van der Waals surface area contributed by atoms with Crippen LogP contribution in [0.4, 0.5) is 15.8 Å². The van der Waals surface area contributed by atoms with Crippen LogP contribution in [0.5, 0.6) is 5.75 Å². The monoisotopic (exact) mass is 344 g/mol. The van der Waals surface area contributed by atoms with Crippen LogP contribution in [0.1, 0.15) is 39.0 Å². The fourth-order valence-corrected chi connectivity index (χ4v) is 2.60. The summed E-state index contributed by atoms with van der Waals surface area (Å²) in [5.41, 5.74) is 1.54. The van der Waals surface area contributed by atoms with Crippen molar-refractivity contribution in [2.75, 3.05) is 30.3 Å². The normalized spacial score (nSPS) is 10.5. The minimum Gasteiger partial charge on any atom is -0.494 e. The second-order valence-corrected chi connectivity index (χ2v) is 6.12. The van der Waals surface area contributed by atoms with Gasteiger partial charge >= 0.3 is 0 Å². The van der Waals surface area contributed by atoms with Crippen LogP contribution in [0.3, 0.4) is 0 Å². The van der Waals surface area contributed by atoms with Crippen LogP contribution in [0.15, 0.2) is 48.5 Å². The third kappa shape index (κ3) is 7.46. The number of nitrogens with one attached hydrogen (secondary N) is 2. The first-order chi connectivity index (χ1) is 12.3. The number of benzene rings is 2. The molecule has 0 radical (unpaired) electrons. The van der Waals surface area contributed by atoms with Gasteiger partial charge in [-0.05, 0) is 30.7 Å². The Kier molecular flexibility index (Phi) is 8.67. The predicted molar refractivity (Wildman–Crippen MR) is 104 cm³/mol. The number of para-hydroxylation sites is 1. The highest BCUT2D eigenvalue weighted by molar-refractivity contribution is 5.49. The minimum absolute atomic E-state index is 0.225. The number of ether oxygens (including phenoxy) is 1. The first kappa shape index (κ1) is 19.1. The van der Waals surface area contributed by atoms with Gasteiger partial charge in [-0.3, -0.25) is 0 Å². The number of rotatable bonds is 12. The van der Waals surface area contributed by atoms with Crippen LogP contribution in [-0.4, -0.2) is 19.7 Å². The molecule has 136 valence electrons. The molecule has 2 rings (SSSR count). The lowest BCUT2D eigenvalue weighted by atomic mass is 10.2. The van der Waals surface area contributed by atoms with Gasteiger partial charge in [-0.25, -0.2) is 4.39 Å². The van der Waals surface area contributed by atoms with Crippen molar-refractivity contribution in [2.45, 2.75) is 39.0 Å². The van der Waals surface area contributed by atoms with E-state index in [4.69, 9.17) is 4.74 Å². The standard InChI is InChI=1S/C21H29FN2O/c1-2-3-4-5-8-16-25-19-11-9-10-18(17-19)23-14-15-24-21-13-7-6-12-20(21)22/h6-7,9-13,17,23-24H,2-5,8,14-16H2,1H3. The quantitative estimate of drug-likeness (QED) is 0.485. The lowest BCUT2D eigenvalue weighted by Crippen LogP contribution is -2.14. The molecule has 0 spiro atoms. The Morgan fingerprint density at radius 2 is 1.68 bits per heavy atom. The highest BCUT2D eigenvalue weighted by Gasteiger charge is 2.00. The second-order valence-electron chi connectivity index (χ2n) is 6.12. The topological polar surface area (TPSA) is 33.3 Å². The maximum atomic E-state index is 13.5. The van der Waals surface area contributed by atoms with Gasteiger partial charge in [0, 0.05) is 24.8 Å². The average Bonchev–Trinajstić information content (AvgIpc) is 2.63. The van der Waals surface area contributed by atoms with Gasteiger partial charge in [-0.2, -0.15) is 0 Å². The molecule has 4 heteroatoms. The average molecular weight is 344 g/mol. The van der Waals surface area contributed by atoms with Crippen LogP contribution in [0, 0.1) is 5.82 Å². The van der Waals surface area contributed by atoms with Crippen LogP contribution in [0.2, 0.25) is 0 Å². The highest BCUT2D eigenvalue weighted by atomic mass is 19.1. The fraction of sp³-hybridized carbons (Fsp3) is 0.429. The molecule has 0 atom stereocenters. The fourth-order valence-electron chi connectivity index (χ4n) is 2.60. The first-order valence-electron chi connectivity index (χ1n) is 9.24. The van der Waals surface area contributed by atoms with E-state index in [0.29, 0.717) is 18.8 Å². The lowest BCUT2D eigenvalue weighted by molar-refractivity contribution is 0.304. The summed E-state index contributed by atoms with van der Waals surface area (Å²) in [4.78, 5) is 0. The molecule has 0 amide bonds. The number of anilines is 2. The van der Waals surface area contributed by atoms with Crippen molar-refractivity contribution in [3.8, 4) is 5.75 Å². The predicted octanol–water partition coefficient (Wildman–Crippen LogP) is 5.70. The minimum atomic E-state index is -0.225. The lowest BCUT2D eigenvalue weighted by Gasteiger charge is -2.11. The molecule has 25 heavy (non-hydrogen) atoms. The van der Waals surface area contributed by atoms with Crippen molar-refractivity contribution >= 4 is 11.4 Å². The van der Waals surface area contributed by atoms with Crippen molar-refractivity contribution in [3.05, 3.63) is 54.3 Å². The third-order valence-electron chi connectivity index (χ3n) is 3.99. The molecule has 0 unspecified atom stereocenters. The van der Waals surface area contributed by atoms with E-state index in [1.165, 1.54) is 31.7 Å². The Morgan fingerprint density at radius 1 is 0.880 bits per heavy atom. The van der Waals surface area contributed by atoms with E-state index in [9.17, 15) is 4.39 Å². The molecule has 0 aliphatic heterocycles. The Bertz CT molecular complexity index is 618. The number of hydrogen-bond acceptors (Lipinski definition) is 3. The molecule has 0 aromatic heterocycles. The van der Waals surface area contributed by atoms with Crippen LogP contribution >= 0.6 is 0 Å². The highest BCUT2D eigenvalue weighted by Crippen LogP contribution is 2.18. The van der Waals surface area contributed by atoms with Crippen molar-refractivity contribution in [2.24, 2.45) is 0 Å². The zero-order valence-corrected chi connectivity index (χ0v) is 15.1. The van der Waals surface area contributed by atoms with E-state index in [1.54, 1.807) is 12.1 Å². The number of unbranched alkanes of at least 4 members (excludes halogenated alkanes) is 4. The third-order valence-corrected chi connectivity index (χ3v) is 3.99. The summed E-state index contributed by atoms with van der Waals surface area (Å²) in [6.45, 7) is 4.33. The van der Waals surface area contributed by atoms with E-state index >= 15 is 0 Å². The Labute approximate surface area is 150 Å². The van der Waals surface area contributed by atoms with Crippen molar-refractivity contribution in [3.63, 3.8) is 0 Å². The zero-order chi connectivity index (χ0) is 17.7. The van der Waals surface area contributed by atoms with Gasteiger partial charge in [0.1, 0.15) is 11.6 Å². The summed E-state index contributed by atoms with van der Waals surface area (Å²) in [7, 11) is 0. The van der Waals surface area contributed by atoms with Crippen LogP contribution < -0.4 is 15.4 Å². The maximum Gasteiger partial charge on any atom is 0.146 e. The van der Waals surface area contributed by atoms with Gasteiger partial charge in [-0.1, -0.05) is 50.8 Å². The molecule has 2 aromatic carbocycles. The van der Waals surface area contributed by atoms with Gasteiger partial charge in [0.15, 0.2) is 0 Å². The smallest absolute Gasteiger partial charge is 0.146 e. The van der Waals surface area contributed by atoms with Crippen LogP contribution in [0.25, 0.3) is 0 Å². The molecule has 0 aliphatic carbocycles. The molecule has 2 aromatic rings. The molecular formula is C21H29FN2O. The Morgan fingerprint density at radius 3 is 2.52 bits per heavy atom. The summed E-state index contributed by atoms with van der Waals surface area (Å²) in [5, 5.41) is 6.42. The van der Waals surface area contributed by atoms with Gasteiger partial charge in [0.25, 0.3) is 0 Å². The molecule has 2 N–H and O–H groups in total. The first-order valence-corrected chi connectivity index (χ1v) is 9.24. The largest absolute Gasteiger partial charge is 0.494 e. The molecule has 0 fully saturated rings. The van der Waals surface area contributed by atoms with Gasteiger partial charge in [-0.15, -0.1) is 0 Å². The Balaban J connectivity index is 1.66. The van der Waals surface area contributed by atoms with E-state index in [1.807, 2.05) is 30.3 Å². The Hall–Kier alpha value is -2.23. The van der Waals surface area contributed by atoms with Crippen molar-refractivity contribution in [1.29, 1.82) is 0 Å². The van der Waals surface area contributed by atoms with E-state index in [2.05, 4.69) is 17.6 Å². The van der Waals surface area contributed by atoms with E-state index < -0.39 is 0 Å². The molecule has 0 saturated heterocycles. The summed E-state index contributed by atoms with van der Waals surface area (Å²) in [5.74, 6) is 0.666. The molecule has 0 saturated carbocycles. The molecule has 3 nitrogen and oxygen atoms in total. The van der Waals surface area contributed by atoms with Crippen molar-refractivity contribution in [1.82, 2.24) is 0 Å². The van der Waals surface area contributed by atoms with E-state index in [-0.39, 0.29) is 5.82 Å². The molecule has 0 aliphatic rings. The summed E-state index contributed by atoms with van der Waals surface area (Å²) < 4.78 is 19.3. The molecule has 0 bridgehead atoms. The summed E-state index contributed by atoms with van der Waals surface area (Å²) >= 11 is 0. The molecular weight excluding hydrogens is 315 g/mol. The maximum absolute atomic E-state index is 13.5. The van der Waals surface area contributed by atoms with Crippen molar-refractivity contribution < 1.29 is 9.13 Å². The SMILES string of the molecule is CCCCCCCOc1cccc(NCCNc2ccccc2F)c1. The summed E-state index contributed by atoms with van der Waals surface area (Å²) in [6.07, 6.45) is 6.19. The van der Waals surface area contributed by atoms with Gasteiger partial charge < -0.3 is 15.4 Å². The zero-order valence-electron chi connectivity index (χ0n) is 15.1. The second kappa shape index (κ2) is 11.3. The number of halogens is 1. The van der Waals surface area contributed by atoms with E-state index in [0.717, 1.165) is 24.5 Å². The number of hydrogen-bond donors (Lipinski definition) is 2. The molecule has 0 heterocycles. The van der Waals surface area contributed by atoms with Gasteiger partial charge in [0.05, 0.1) is 12.3 Å². The summed E-state index contributed by atoms with van der Waals surface area (Å²) in [6, 6.07) is 14.7.